The number of hydrogen-bond acceptors (Lipinski definition) is 1. The summed E-state index contributed by atoms with van der Waals surface area (Å²) in [4.78, 5) is 3.68. The van der Waals surface area contributed by atoms with Crippen molar-refractivity contribution in [2.45, 2.75) is 33.1 Å². The predicted octanol–water partition coefficient (Wildman–Crippen LogP) is 2.51. The van der Waals surface area contributed by atoms with Crippen molar-refractivity contribution in [2.24, 2.45) is 4.99 Å². The number of rotatable bonds is 3. The van der Waals surface area contributed by atoms with Crippen molar-refractivity contribution in [3.63, 3.8) is 0 Å². The number of halogens is 2. The van der Waals surface area contributed by atoms with Crippen LogP contribution in [0.4, 0.5) is 8.78 Å². The average molecular weight is 149 g/mol. The van der Waals surface area contributed by atoms with Crippen molar-refractivity contribution in [3.05, 3.63) is 0 Å². The van der Waals surface area contributed by atoms with Gasteiger partial charge in [0.25, 0.3) is 5.92 Å². The number of hydrogen-bond donors (Lipinski definition) is 0. The van der Waals surface area contributed by atoms with Gasteiger partial charge in [0.2, 0.25) is 0 Å². The largest absolute Gasteiger partial charge is 0.288 e. The molecule has 60 valence electrons. The second-order valence-electron chi connectivity index (χ2n) is 2.16. The van der Waals surface area contributed by atoms with Crippen LogP contribution in [0, 0.1) is 0 Å². The maximum Gasteiger partial charge on any atom is 0.282 e. The maximum absolute atomic E-state index is 12.4. The van der Waals surface area contributed by atoms with Crippen molar-refractivity contribution in [1.82, 2.24) is 0 Å². The SMILES string of the molecule is CCN=C(CC)C(C)(F)F. The Morgan fingerprint density at radius 1 is 1.40 bits per heavy atom. The molecule has 0 atom stereocenters. The molecule has 0 aliphatic rings. The van der Waals surface area contributed by atoms with Gasteiger partial charge in [-0.05, 0) is 13.3 Å². The molecule has 10 heavy (non-hydrogen) atoms. The molecule has 0 fully saturated rings. The van der Waals surface area contributed by atoms with Crippen molar-refractivity contribution in [1.29, 1.82) is 0 Å². The first kappa shape index (κ1) is 9.53. The molecule has 0 bridgehead atoms. The highest BCUT2D eigenvalue weighted by Crippen LogP contribution is 2.16. The molecule has 0 spiro atoms. The molecule has 0 unspecified atom stereocenters. The quantitative estimate of drug-likeness (QED) is 0.547. The highest BCUT2D eigenvalue weighted by molar-refractivity contribution is 5.90. The Labute approximate surface area is 60.2 Å². The van der Waals surface area contributed by atoms with Crippen LogP contribution in [0.25, 0.3) is 0 Å². The maximum atomic E-state index is 12.4. The zero-order valence-corrected chi connectivity index (χ0v) is 6.62. The number of aliphatic imine (C=N–C) groups is 1. The second-order valence-corrected chi connectivity index (χ2v) is 2.16. The number of alkyl halides is 2. The van der Waals surface area contributed by atoms with Crippen molar-refractivity contribution < 1.29 is 8.78 Å². The number of nitrogens with zero attached hydrogens (tertiary/aromatic N) is 1. The third-order valence-electron chi connectivity index (χ3n) is 1.19. The van der Waals surface area contributed by atoms with Crippen LogP contribution in [0.3, 0.4) is 0 Å². The lowest BCUT2D eigenvalue weighted by Crippen LogP contribution is -2.23. The molecule has 0 heterocycles. The summed E-state index contributed by atoms with van der Waals surface area (Å²) in [6, 6.07) is 0. The Morgan fingerprint density at radius 2 is 1.90 bits per heavy atom. The van der Waals surface area contributed by atoms with Crippen molar-refractivity contribution >= 4 is 5.71 Å². The van der Waals surface area contributed by atoms with Gasteiger partial charge in [0.15, 0.2) is 0 Å². The summed E-state index contributed by atoms with van der Waals surface area (Å²) in [5.74, 6) is -2.73. The summed E-state index contributed by atoms with van der Waals surface area (Å²) in [6.07, 6.45) is 0.331. The van der Waals surface area contributed by atoms with E-state index >= 15 is 0 Å². The Hall–Kier alpha value is -0.470. The molecule has 0 aliphatic carbocycles. The molecular formula is C7H13F2N. The molecule has 0 aromatic rings. The Balaban J connectivity index is 4.21. The smallest absolute Gasteiger partial charge is 0.282 e. The standard InChI is InChI=1S/C7H13F2N/c1-4-6(10-5-2)7(3,8)9/h4-5H2,1-3H3. The minimum Gasteiger partial charge on any atom is -0.288 e. The molecule has 3 heteroatoms. The lowest BCUT2D eigenvalue weighted by atomic mass is 10.2. The molecule has 0 amide bonds. The zero-order chi connectivity index (χ0) is 8.20. The monoisotopic (exact) mass is 149 g/mol. The van der Waals surface area contributed by atoms with E-state index in [4.69, 9.17) is 0 Å². The summed E-state index contributed by atoms with van der Waals surface area (Å²) in [5, 5.41) is 0. The Kier molecular flexibility index (Phi) is 3.47. The molecule has 0 radical (unpaired) electrons. The molecule has 0 N–H and O–H groups in total. The van der Waals surface area contributed by atoms with Crippen LogP contribution in [-0.2, 0) is 0 Å². The van der Waals surface area contributed by atoms with E-state index in [1.807, 2.05) is 0 Å². The van der Waals surface area contributed by atoms with Gasteiger partial charge in [0.05, 0.1) is 5.71 Å². The third kappa shape index (κ3) is 2.90. The Morgan fingerprint density at radius 3 is 2.00 bits per heavy atom. The van der Waals surface area contributed by atoms with Gasteiger partial charge in [0, 0.05) is 13.5 Å². The highest BCUT2D eigenvalue weighted by Gasteiger charge is 2.26. The first-order valence-electron chi connectivity index (χ1n) is 3.44. The lowest BCUT2D eigenvalue weighted by Gasteiger charge is -2.11. The molecule has 0 saturated carbocycles. The Bertz CT molecular complexity index is 124. The molecule has 0 rings (SSSR count). The zero-order valence-electron chi connectivity index (χ0n) is 6.62. The topological polar surface area (TPSA) is 12.4 Å². The fourth-order valence-electron chi connectivity index (χ4n) is 0.752. The first-order valence-corrected chi connectivity index (χ1v) is 3.44. The molecule has 0 saturated heterocycles. The van der Waals surface area contributed by atoms with E-state index in [0.29, 0.717) is 13.0 Å². The molecule has 0 aromatic heterocycles. The summed E-state index contributed by atoms with van der Waals surface area (Å²) in [6.45, 7) is 4.75. The predicted molar refractivity (Wildman–Crippen MR) is 38.9 cm³/mol. The van der Waals surface area contributed by atoms with Crippen LogP contribution in [-0.4, -0.2) is 18.2 Å². The van der Waals surface area contributed by atoms with E-state index in [1.54, 1.807) is 13.8 Å². The summed E-state index contributed by atoms with van der Waals surface area (Å²) in [7, 11) is 0. The molecule has 1 nitrogen and oxygen atoms in total. The van der Waals surface area contributed by atoms with Gasteiger partial charge in [-0.3, -0.25) is 4.99 Å². The first-order chi connectivity index (χ1) is 4.52. The van der Waals surface area contributed by atoms with Crippen LogP contribution in [0.1, 0.15) is 27.2 Å². The summed E-state index contributed by atoms with van der Waals surface area (Å²) >= 11 is 0. The van der Waals surface area contributed by atoms with E-state index in [2.05, 4.69) is 4.99 Å². The second kappa shape index (κ2) is 3.64. The molecular weight excluding hydrogens is 136 g/mol. The van der Waals surface area contributed by atoms with Gasteiger partial charge in [-0.25, -0.2) is 8.78 Å². The van der Waals surface area contributed by atoms with E-state index in [9.17, 15) is 8.78 Å². The van der Waals surface area contributed by atoms with Gasteiger partial charge in [0.1, 0.15) is 0 Å². The summed E-state index contributed by atoms with van der Waals surface area (Å²) in [5.41, 5.74) is -0.00463. The van der Waals surface area contributed by atoms with E-state index in [0.717, 1.165) is 6.92 Å². The fourth-order valence-corrected chi connectivity index (χ4v) is 0.752. The van der Waals surface area contributed by atoms with Crippen LogP contribution in [0.15, 0.2) is 4.99 Å². The van der Waals surface area contributed by atoms with Gasteiger partial charge in [-0.1, -0.05) is 6.92 Å². The van der Waals surface area contributed by atoms with Crippen molar-refractivity contribution in [2.75, 3.05) is 6.54 Å². The van der Waals surface area contributed by atoms with Gasteiger partial charge < -0.3 is 0 Å². The normalized spacial score (nSPS) is 13.9. The van der Waals surface area contributed by atoms with Crippen LogP contribution in [0.5, 0.6) is 0 Å². The van der Waals surface area contributed by atoms with Crippen LogP contribution < -0.4 is 0 Å². The fraction of sp³-hybridized carbons (Fsp3) is 0.857. The van der Waals surface area contributed by atoms with Crippen LogP contribution in [0.2, 0.25) is 0 Å². The summed E-state index contributed by atoms with van der Waals surface area (Å²) < 4.78 is 24.9. The van der Waals surface area contributed by atoms with E-state index < -0.39 is 5.92 Å². The average Bonchev–Trinajstić information content (AvgIpc) is 1.80. The third-order valence-corrected chi connectivity index (χ3v) is 1.19. The van der Waals surface area contributed by atoms with Crippen LogP contribution >= 0.6 is 0 Å². The lowest BCUT2D eigenvalue weighted by molar-refractivity contribution is 0.0980. The van der Waals surface area contributed by atoms with Gasteiger partial charge >= 0.3 is 0 Å². The van der Waals surface area contributed by atoms with Gasteiger partial charge in [-0.15, -0.1) is 0 Å². The van der Waals surface area contributed by atoms with E-state index in [1.165, 1.54) is 0 Å². The highest BCUT2D eigenvalue weighted by atomic mass is 19.3. The molecule has 0 aliphatic heterocycles. The molecule has 0 aromatic carbocycles. The minimum absolute atomic E-state index is 0.00463. The van der Waals surface area contributed by atoms with E-state index in [-0.39, 0.29) is 5.71 Å². The van der Waals surface area contributed by atoms with Gasteiger partial charge in [-0.2, -0.15) is 0 Å². The minimum atomic E-state index is -2.73. The van der Waals surface area contributed by atoms with Crippen molar-refractivity contribution in [3.8, 4) is 0 Å².